The van der Waals surface area contributed by atoms with Gasteiger partial charge in [-0.1, -0.05) is 72.3 Å². The van der Waals surface area contributed by atoms with E-state index in [1.165, 1.54) is 28.1 Å². The molecule has 1 fully saturated rings. The van der Waals surface area contributed by atoms with Crippen LogP contribution in [0.25, 0.3) is 16.8 Å². The lowest BCUT2D eigenvalue weighted by Crippen LogP contribution is -2.19. The molecular formula is C28H22N2O2S. The van der Waals surface area contributed by atoms with Crippen molar-refractivity contribution in [3.63, 3.8) is 0 Å². The average molecular weight is 451 g/mol. The van der Waals surface area contributed by atoms with Crippen LogP contribution < -0.4 is 10.1 Å². The molecule has 5 rings (SSSR count). The van der Waals surface area contributed by atoms with Crippen LogP contribution in [0.4, 0.5) is 5.69 Å². The standard InChI is InChI=1S/C28H22N2O2S/c1-19-12-14-23(15-13-19)29-28-30-27(31)26(33-28)17-20-6-4-10-24(16-20)32-18-22-9-5-8-21-7-2-3-11-25(21)22/h2-17H,18H2,1H3,(H,29,30,31)/b26-17-. The summed E-state index contributed by atoms with van der Waals surface area (Å²) in [5.41, 5.74) is 4.03. The summed E-state index contributed by atoms with van der Waals surface area (Å²) in [6, 6.07) is 30.2. The van der Waals surface area contributed by atoms with Crippen molar-refractivity contribution in [2.75, 3.05) is 0 Å². The summed E-state index contributed by atoms with van der Waals surface area (Å²) < 4.78 is 6.08. The number of thioether (sulfide) groups is 1. The minimum atomic E-state index is -0.145. The van der Waals surface area contributed by atoms with Crippen LogP contribution in [0.3, 0.4) is 0 Å². The minimum absolute atomic E-state index is 0.145. The molecule has 4 nitrogen and oxygen atoms in total. The molecule has 4 aromatic rings. The van der Waals surface area contributed by atoms with Crippen LogP contribution in [0.5, 0.6) is 5.75 Å². The summed E-state index contributed by atoms with van der Waals surface area (Å²) in [5.74, 6) is 0.613. The first kappa shape index (κ1) is 21.0. The number of carbonyl (C=O) groups excluding carboxylic acids is 1. The largest absolute Gasteiger partial charge is 0.489 e. The second-order valence-electron chi connectivity index (χ2n) is 7.82. The van der Waals surface area contributed by atoms with Crippen LogP contribution in [-0.2, 0) is 11.4 Å². The Morgan fingerprint density at radius 2 is 1.73 bits per heavy atom. The molecule has 1 aliphatic rings. The van der Waals surface area contributed by atoms with Gasteiger partial charge >= 0.3 is 0 Å². The number of nitrogens with one attached hydrogen (secondary N) is 1. The maximum absolute atomic E-state index is 12.4. The highest BCUT2D eigenvalue weighted by atomic mass is 32.2. The molecule has 0 atom stereocenters. The fourth-order valence-corrected chi connectivity index (χ4v) is 4.48. The van der Waals surface area contributed by atoms with E-state index in [0.29, 0.717) is 16.7 Å². The van der Waals surface area contributed by atoms with Gasteiger partial charge in [-0.15, -0.1) is 0 Å². The van der Waals surface area contributed by atoms with Crippen molar-refractivity contribution >= 4 is 45.4 Å². The molecule has 0 saturated carbocycles. The van der Waals surface area contributed by atoms with Crippen LogP contribution in [-0.4, -0.2) is 11.1 Å². The van der Waals surface area contributed by atoms with E-state index in [1.807, 2.05) is 79.7 Å². The Morgan fingerprint density at radius 3 is 2.61 bits per heavy atom. The molecule has 0 spiro atoms. The Kier molecular flexibility index (Phi) is 5.96. The first-order valence-electron chi connectivity index (χ1n) is 10.7. The number of hydrogen-bond acceptors (Lipinski definition) is 4. The number of carbonyl (C=O) groups is 1. The molecule has 1 heterocycles. The summed E-state index contributed by atoms with van der Waals surface area (Å²) in [4.78, 5) is 17.6. The monoisotopic (exact) mass is 450 g/mol. The van der Waals surface area contributed by atoms with Gasteiger partial charge in [0.05, 0.1) is 10.6 Å². The third-order valence-corrected chi connectivity index (χ3v) is 6.26. The molecule has 5 heteroatoms. The number of nitrogens with zero attached hydrogens (tertiary/aromatic N) is 1. The maximum Gasteiger partial charge on any atom is 0.264 e. The molecule has 1 amide bonds. The van der Waals surface area contributed by atoms with E-state index < -0.39 is 0 Å². The zero-order valence-corrected chi connectivity index (χ0v) is 18.9. The van der Waals surface area contributed by atoms with Gasteiger partial charge in [-0.3, -0.25) is 4.79 Å². The highest BCUT2D eigenvalue weighted by Gasteiger charge is 2.23. The predicted octanol–water partition coefficient (Wildman–Crippen LogP) is 6.62. The van der Waals surface area contributed by atoms with Crippen molar-refractivity contribution < 1.29 is 9.53 Å². The number of rotatable bonds is 5. The quantitative estimate of drug-likeness (QED) is 0.348. The van der Waals surface area contributed by atoms with Crippen molar-refractivity contribution in [2.45, 2.75) is 13.5 Å². The lowest BCUT2D eigenvalue weighted by molar-refractivity contribution is -0.115. The average Bonchev–Trinajstić information content (AvgIpc) is 3.17. The van der Waals surface area contributed by atoms with Gasteiger partial charge in [0.25, 0.3) is 5.91 Å². The lowest BCUT2D eigenvalue weighted by Gasteiger charge is -2.09. The van der Waals surface area contributed by atoms with Crippen LogP contribution >= 0.6 is 11.8 Å². The highest BCUT2D eigenvalue weighted by Crippen LogP contribution is 2.29. The summed E-state index contributed by atoms with van der Waals surface area (Å²) in [6.07, 6.45) is 1.86. The first-order valence-corrected chi connectivity index (χ1v) is 11.5. The predicted molar refractivity (Wildman–Crippen MR) is 137 cm³/mol. The first-order chi connectivity index (χ1) is 16.1. The molecule has 0 bridgehead atoms. The Balaban J connectivity index is 1.30. The number of aryl methyl sites for hydroxylation is 1. The number of benzene rings is 4. The van der Waals surface area contributed by atoms with E-state index in [2.05, 4.69) is 34.6 Å². The van der Waals surface area contributed by atoms with Crippen LogP contribution in [0, 0.1) is 6.92 Å². The zero-order valence-electron chi connectivity index (χ0n) is 18.1. The minimum Gasteiger partial charge on any atom is -0.489 e. The van der Waals surface area contributed by atoms with Gasteiger partial charge in [0.15, 0.2) is 5.17 Å². The second-order valence-corrected chi connectivity index (χ2v) is 8.85. The van der Waals surface area contributed by atoms with E-state index in [0.717, 1.165) is 22.6 Å². The summed E-state index contributed by atoms with van der Waals surface area (Å²) in [6.45, 7) is 2.51. The van der Waals surface area contributed by atoms with Crippen LogP contribution in [0.15, 0.2) is 101 Å². The zero-order chi connectivity index (χ0) is 22.6. The fraction of sp³-hybridized carbons (Fsp3) is 0.0714. The molecule has 0 aromatic heterocycles. The van der Waals surface area contributed by atoms with E-state index in [4.69, 9.17) is 4.74 Å². The van der Waals surface area contributed by atoms with Gasteiger partial charge in [0, 0.05) is 0 Å². The topological polar surface area (TPSA) is 50.7 Å². The maximum atomic E-state index is 12.4. The Morgan fingerprint density at radius 1 is 0.939 bits per heavy atom. The SMILES string of the molecule is Cc1ccc(N=C2NC(=O)/C(=C/c3cccc(OCc4cccc5ccccc45)c3)S2)cc1. The van der Waals surface area contributed by atoms with E-state index in [1.54, 1.807) is 0 Å². The Labute approximate surface area is 197 Å². The van der Waals surface area contributed by atoms with E-state index in [-0.39, 0.29) is 5.91 Å². The fourth-order valence-electron chi connectivity index (χ4n) is 3.64. The van der Waals surface area contributed by atoms with Crippen molar-refractivity contribution in [1.29, 1.82) is 0 Å². The van der Waals surface area contributed by atoms with Crippen molar-refractivity contribution in [2.24, 2.45) is 4.99 Å². The van der Waals surface area contributed by atoms with Gasteiger partial charge < -0.3 is 10.1 Å². The molecule has 33 heavy (non-hydrogen) atoms. The summed E-state index contributed by atoms with van der Waals surface area (Å²) in [5, 5.41) is 5.81. The summed E-state index contributed by atoms with van der Waals surface area (Å²) in [7, 11) is 0. The Bertz CT molecular complexity index is 1390. The van der Waals surface area contributed by atoms with Crippen molar-refractivity contribution in [3.05, 3.63) is 113 Å². The third-order valence-electron chi connectivity index (χ3n) is 5.35. The molecule has 1 saturated heterocycles. The van der Waals surface area contributed by atoms with E-state index in [9.17, 15) is 4.79 Å². The molecule has 0 unspecified atom stereocenters. The number of ether oxygens (including phenoxy) is 1. The van der Waals surface area contributed by atoms with Gasteiger partial charge in [-0.2, -0.15) is 0 Å². The molecule has 1 N–H and O–H groups in total. The molecule has 1 aliphatic heterocycles. The number of amidine groups is 1. The van der Waals surface area contributed by atoms with Gasteiger partial charge in [-0.25, -0.2) is 4.99 Å². The van der Waals surface area contributed by atoms with Gasteiger partial charge in [-0.05, 0) is 70.9 Å². The van der Waals surface area contributed by atoms with Crippen molar-refractivity contribution in [3.8, 4) is 5.75 Å². The number of aliphatic imine (C=N–C) groups is 1. The normalized spacial score (nSPS) is 15.8. The Hall–Kier alpha value is -3.83. The molecule has 0 aliphatic carbocycles. The number of fused-ring (bicyclic) bond motifs is 1. The van der Waals surface area contributed by atoms with E-state index >= 15 is 0 Å². The molecule has 0 radical (unpaired) electrons. The van der Waals surface area contributed by atoms with Crippen LogP contribution in [0.1, 0.15) is 16.7 Å². The molecule has 162 valence electrons. The molecule has 4 aromatic carbocycles. The second kappa shape index (κ2) is 9.35. The van der Waals surface area contributed by atoms with Gasteiger partial charge in [0.2, 0.25) is 0 Å². The summed E-state index contributed by atoms with van der Waals surface area (Å²) >= 11 is 1.34. The van der Waals surface area contributed by atoms with Gasteiger partial charge in [0.1, 0.15) is 12.4 Å². The smallest absolute Gasteiger partial charge is 0.264 e. The third kappa shape index (κ3) is 4.99. The molecular weight excluding hydrogens is 428 g/mol. The number of hydrogen-bond donors (Lipinski definition) is 1. The highest BCUT2D eigenvalue weighted by molar-refractivity contribution is 8.18. The van der Waals surface area contributed by atoms with Crippen LogP contribution in [0.2, 0.25) is 0 Å². The van der Waals surface area contributed by atoms with Crippen molar-refractivity contribution in [1.82, 2.24) is 5.32 Å². The lowest BCUT2D eigenvalue weighted by atomic mass is 10.1. The number of amides is 1.